The van der Waals surface area contributed by atoms with Gasteiger partial charge in [-0.1, -0.05) is 93.0 Å². The third-order valence-corrected chi connectivity index (χ3v) is 13.3. The Labute approximate surface area is 165 Å². The van der Waals surface area contributed by atoms with Gasteiger partial charge >= 0.3 is 0 Å². The van der Waals surface area contributed by atoms with Gasteiger partial charge in [0.2, 0.25) is 0 Å². The summed E-state index contributed by atoms with van der Waals surface area (Å²) in [7, 11) is -2.08. The van der Waals surface area contributed by atoms with E-state index in [0.29, 0.717) is 24.1 Å². The van der Waals surface area contributed by atoms with Crippen molar-refractivity contribution in [2.24, 2.45) is 0 Å². The van der Waals surface area contributed by atoms with Gasteiger partial charge in [0.15, 0.2) is 0 Å². The largest absolute Gasteiger partial charge is 0.367 e. The van der Waals surface area contributed by atoms with Crippen molar-refractivity contribution in [1.82, 2.24) is 0 Å². The SMILES string of the molecule is Cc1ccc([Si](C[C@]2(c3ccccc3)OCC[C@H]2F)(C(C)C)C(C)C)cc1. The summed E-state index contributed by atoms with van der Waals surface area (Å²) in [6.07, 6.45) is -0.460. The lowest BCUT2D eigenvalue weighted by Gasteiger charge is -2.46. The summed E-state index contributed by atoms with van der Waals surface area (Å²) in [4.78, 5) is 0. The van der Waals surface area contributed by atoms with Crippen molar-refractivity contribution in [2.75, 3.05) is 6.61 Å². The molecule has 2 aromatic carbocycles. The maximum absolute atomic E-state index is 15.5. The van der Waals surface area contributed by atoms with Gasteiger partial charge in [-0.25, -0.2) is 4.39 Å². The summed E-state index contributed by atoms with van der Waals surface area (Å²) in [5.41, 5.74) is 2.45. The number of aryl methyl sites for hydroxylation is 1. The number of benzene rings is 2. The molecule has 2 aromatic rings. The van der Waals surface area contributed by atoms with Gasteiger partial charge in [-0.15, -0.1) is 0 Å². The van der Waals surface area contributed by atoms with Gasteiger partial charge in [0.1, 0.15) is 11.8 Å². The van der Waals surface area contributed by atoms with Gasteiger partial charge in [-0.2, -0.15) is 0 Å². The van der Waals surface area contributed by atoms with E-state index in [1.165, 1.54) is 10.8 Å². The van der Waals surface area contributed by atoms with E-state index in [1.54, 1.807) is 0 Å². The first-order chi connectivity index (χ1) is 12.8. The van der Waals surface area contributed by atoms with Crippen molar-refractivity contribution < 1.29 is 9.13 Å². The van der Waals surface area contributed by atoms with Crippen LogP contribution in [-0.2, 0) is 10.3 Å². The summed E-state index contributed by atoms with van der Waals surface area (Å²) < 4.78 is 21.8. The normalized spacial score (nSPS) is 23.3. The van der Waals surface area contributed by atoms with Crippen molar-refractivity contribution >= 4 is 13.3 Å². The Morgan fingerprint density at radius 2 is 1.59 bits per heavy atom. The van der Waals surface area contributed by atoms with Crippen LogP contribution in [0.4, 0.5) is 4.39 Å². The van der Waals surface area contributed by atoms with Crippen molar-refractivity contribution in [3.63, 3.8) is 0 Å². The fraction of sp³-hybridized carbons (Fsp3) is 0.500. The molecule has 1 aliphatic rings. The molecule has 0 saturated carbocycles. The lowest BCUT2D eigenvalue weighted by Crippen LogP contribution is -2.58. The van der Waals surface area contributed by atoms with Crippen LogP contribution >= 0.6 is 0 Å². The molecule has 146 valence electrons. The van der Waals surface area contributed by atoms with Crippen LogP contribution in [-0.4, -0.2) is 20.9 Å². The number of rotatable bonds is 6. The van der Waals surface area contributed by atoms with E-state index in [0.717, 1.165) is 11.6 Å². The van der Waals surface area contributed by atoms with Gasteiger partial charge < -0.3 is 4.74 Å². The molecule has 1 fully saturated rings. The number of hydrogen-bond acceptors (Lipinski definition) is 1. The van der Waals surface area contributed by atoms with Gasteiger partial charge in [0.25, 0.3) is 0 Å². The Morgan fingerprint density at radius 1 is 1.00 bits per heavy atom. The molecule has 0 unspecified atom stereocenters. The second-order valence-corrected chi connectivity index (χ2v) is 14.1. The van der Waals surface area contributed by atoms with Crippen molar-refractivity contribution in [3.8, 4) is 0 Å². The highest BCUT2D eigenvalue weighted by Gasteiger charge is 2.55. The highest BCUT2D eigenvalue weighted by Crippen LogP contribution is 2.49. The second-order valence-electron chi connectivity index (χ2n) is 8.75. The Balaban J connectivity index is 2.16. The third-order valence-electron chi connectivity index (χ3n) is 6.70. The average Bonchev–Trinajstić information content (AvgIpc) is 3.02. The monoisotopic (exact) mass is 384 g/mol. The molecule has 1 heterocycles. The zero-order valence-corrected chi connectivity index (χ0v) is 18.3. The van der Waals surface area contributed by atoms with E-state index in [2.05, 4.69) is 58.9 Å². The Kier molecular flexibility index (Phi) is 5.92. The summed E-state index contributed by atoms with van der Waals surface area (Å²) in [5.74, 6) is 0. The second kappa shape index (κ2) is 7.88. The van der Waals surface area contributed by atoms with E-state index in [9.17, 15) is 0 Å². The maximum Gasteiger partial charge on any atom is 0.135 e. The van der Waals surface area contributed by atoms with E-state index >= 15 is 4.39 Å². The van der Waals surface area contributed by atoms with E-state index in [1.807, 2.05) is 30.3 Å². The lowest BCUT2D eigenvalue weighted by atomic mass is 9.91. The van der Waals surface area contributed by atoms with Crippen molar-refractivity contribution in [1.29, 1.82) is 0 Å². The van der Waals surface area contributed by atoms with Crippen LogP contribution in [0.3, 0.4) is 0 Å². The average molecular weight is 385 g/mol. The Hall–Kier alpha value is -1.45. The predicted molar refractivity (Wildman–Crippen MR) is 115 cm³/mol. The zero-order chi connectivity index (χ0) is 19.7. The molecule has 1 nitrogen and oxygen atoms in total. The molecule has 0 aliphatic carbocycles. The van der Waals surface area contributed by atoms with Crippen LogP contribution in [0.2, 0.25) is 17.1 Å². The molecule has 1 aliphatic heterocycles. The Morgan fingerprint density at radius 3 is 2.07 bits per heavy atom. The predicted octanol–water partition coefficient (Wildman–Crippen LogP) is 6.12. The van der Waals surface area contributed by atoms with Crippen LogP contribution < -0.4 is 5.19 Å². The molecular formula is C24H33FOSi. The smallest absolute Gasteiger partial charge is 0.135 e. The number of hydrogen-bond donors (Lipinski definition) is 0. The molecule has 0 N–H and O–H groups in total. The first-order valence-electron chi connectivity index (χ1n) is 10.2. The fourth-order valence-corrected chi connectivity index (χ4v) is 10.9. The van der Waals surface area contributed by atoms with E-state index in [4.69, 9.17) is 4.74 Å². The van der Waals surface area contributed by atoms with Crippen LogP contribution in [0.5, 0.6) is 0 Å². The topological polar surface area (TPSA) is 9.23 Å². The summed E-state index contributed by atoms with van der Waals surface area (Å²) >= 11 is 0. The minimum absolute atomic E-state index is 0.490. The van der Waals surface area contributed by atoms with Crippen LogP contribution in [0, 0.1) is 6.92 Å². The molecular weight excluding hydrogens is 351 g/mol. The van der Waals surface area contributed by atoms with Crippen LogP contribution in [0.1, 0.15) is 45.2 Å². The maximum atomic E-state index is 15.5. The first kappa shape index (κ1) is 20.3. The third kappa shape index (κ3) is 3.52. The fourth-order valence-electron chi connectivity index (χ4n) is 5.06. The molecule has 27 heavy (non-hydrogen) atoms. The van der Waals surface area contributed by atoms with E-state index < -0.39 is 19.8 Å². The number of ether oxygens (including phenoxy) is 1. The van der Waals surface area contributed by atoms with E-state index in [-0.39, 0.29) is 0 Å². The van der Waals surface area contributed by atoms with Gasteiger partial charge in [-0.05, 0) is 29.6 Å². The minimum atomic E-state index is -2.08. The highest BCUT2D eigenvalue weighted by atomic mass is 28.3. The molecule has 0 spiro atoms. The molecule has 1 saturated heterocycles. The highest BCUT2D eigenvalue weighted by molar-refractivity contribution is 6.94. The lowest BCUT2D eigenvalue weighted by molar-refractivity contribution is -0.0215. The molecule has 0 bridgehead atoms. The van der Waals surface area contributed by atoms with Crippen molar-refractivity contribution in [3.05, 3.63) is 65.7 Å². The summed E-state index contributed by atoms with van der Waals surface area (Å²) in [5, 5.41) is 1.43. The van der Waals surface area contributed by atoms with Crippen LogP contribution in [0.15, 0.2) is 54.6 Å². The molecule has 3 heteroatoms. The molecule has 3 rings (SSSR count). The van der Waals surface area contributed by atoms with Gasteiger partial charge in [0.05, 0.1) is 14.7 Å². The summed E-state index contributed by atoms with van der Waals surface area (Å²) in [6, 6.07) is 19.9. The van der Waals surface area contributed by atoms with Crippen LogP contribution in [0.25, 0.3) is 0 Å². The van der Waals surface area contributed by atoms with Gasteiger partial charge in [0, 0.05) is 6.42 Å². The first-order valence-corrected chi connectivity index (χ1v) is 12.6. The molecule has 0 amide bonds. The Bertz CT molecular complexity index is 733. The zero-order valence-electron chi connectivity index (χ0n) is 17.3. The number of alkyl halides is 1. The van der Waals surface area contributed by atoms with Crippen molar-refractivity contribution in [2.45, 2.75) is 69.9 Å². The molecule has 2 atom stereocenters. The van der Waals surface area contributed by atoms with Gasteiger partial charge in [-0.3, -0.25) is 0 Å². The molecule has 0 radical (unpaired) electrons. The standard InChI is InChI=1S/C24H33FOSi/c1-18(2)27(19(3)4,22-13-11-20(5)12-14-22)17-24(23(25)15-16-26-24)21-9-7-6-8-10-21/h6-14,18-19,23H,15-17H2,1-5H3/t23-,24-/m1/s1. The minimum Gasteiger partial charge on any atom is -0.367 e. The quantitative estimate of drug-likeness (QED) is 0.545. The summed E-state index contributed by atoms with van der Waals surface area (Å²) in [6.45, 7) is 11.9. The number of halogens is 1. The molecule has 0 aromatic heterocycles.